The second-order valence-electron chi connectivity index (χ2n) is 11.0. The number of nitrogens with one attached hydrogen (secondary N) is 1. The molecule has 2 aromatic carbocycles. The van der Waals surface area contributed by atoms with Gasteiger partial charge in [0.15, 0.2) is 0 Å². The van der Waals surface area contributed by atoms with Gasteiger partial charge in [0.25, 0.3) is 15.9 Å². The third-order valence-corrected chi connectivity index (χ3v) is 9.15. The first-order chi connectivity index (χ1) is 18.2. The molecule has 1 heterocycles. The van der Waals surface area contributed by atoms with Gasteiger partial charge in [-0.1, -0.05) is 44.4 Å². The number of hydrogen-bond acceptors (Lipinski definition) is 6. The van der Waals surface area contributed by atoms with E-state index in [1.54, 1.807) is 35.2 Å². The Balaban J connectivity index is 1.60. The molecular formula is C29H41N3O5S. The predicted molar refractivity (Wildman–Crippen MR) is 149 cm³/mol. The molecule has 9 heteroatoms. The van der Waals surface area contributed by atoms with Gasteiger partial charge >= 0.3 is 0 Å². The highest BCUT2D eigenvalue weighted by Gasteiger charge is 2.34. The van der Waals surface area contributed by atoms with E-state index in [4.69, 9.17) is 4.74 Å². The van der Waals surface area contributed by atoms with Crippen LogP contribution in [0.5, 0.6) is 5.75 Å². The average Bonchev–Trinajstić information content (AvgIpc) is 2.91. The minimum atomic E-state index is -3.82. The van der Waals surface area contributed by atoms with E-state index >= 15 is 0 Å². The Kier molecular flexibility index (Phi) is 9.33. The molecule has 2 aliphatic rings. The van der Waals surface area contributed by atoms with E-state index in [0.29, 0.717) is 18.2 Å². The molecule has 0 aromatic heterocycles. The van der Waals surface area contributed by atoms with Crippen molar-refractivity contribution in [2.45, 2.75) is 63.0 Å². The lowest BCUT2D eigenvalue weighted by Crippen LogP contribution is -2.50. The van der Waals surface area contributed by atoms with Crippen molar-refractivity contribution >= 4 is 21.6 Å². The minimum Gasteiger partial charge on any atom is -0.488 e. The Morgan fingerprint density at radius 3 is 2.50 bits per heavy atom. The fourth-order valence-electron chi connectivity index (χ4n) is 5.51. The Hall–Kier alpha value is -2.62. The predicted octanol–water partition coefficient (Wildman–Crippen LogP) is 4.22. The minimum absolute atomic E-state index is 0.0335. The van der Waals surface area contributed by atoms with Gasteiger partial charge in [-0.05, 0) is 63.1 Å². The number of likely N-dealkylation sites (N-methyl/N-ethyl adjacent to an activating group) is 1. The molecule has 1 saturated carbocycles. The molecule has 2 N–H and O–H groups in total. The molecule has 0 saturated heterocycles. The summed E-state index contributed by atoms with van der Waals surface area (Å²) >= 11 is 0. The number of ether oxygens (including phenoxy) is 1. The van der Waals surface area contributed by atoms with E-state index < -0.39 is 10.0 Å². The fourth-order valence-corrected chi connectivity index (χ4v) is 6.58. The van der Waals surface area contributed by atoms with Gasteiger partial charge in [-0.2, -0.15) is 0 Å². The molecular weight excluding hydrogens is 502 g/mol. The summed E-state index contributed by atoms with van der Waals surface area (Å²) in [6.45, 7) is 5.91. The molecule has 208 valence electrons. The zero-order chi connectivity index (χ0) is 27.3. The van der Waals surface area contributed by atoms with Crippen molar-refractivity contribution in [3.63, 3.8) is 0 Å². The molecule has 0 unspecified atom stereocenters. The fraction of sp³-hybridized carbons (Fsp3) is 0.552. The second-order valence-corrected chi connectivity index (χ2v) is 12.7. The summed E-state index contributed by atoms with van der Waals surface area (Å²) in [7, 11) is -1.69. The van der Waals surface area contributed by atoms with Crippen LogP contribution in [0.4, 0.5) is 5.69 Å². The molecule has 4 rings (SSSR count). The van der Waals surface area contributed by atoms with Crippen LogP contribution in [0.15, 0.2) is 53.4 Å². The number of nitrogens with zero attached hydrogens (tertiary/aromatic N) is 2. The van der Waals surface area contributed by atoms with Crippen LogP contribution in [0.3, 0.4) is 0 Å². The first-order valence-electron chi connectivity index (χ1n) is 13.7. The van der Waals surface area contributed by atoms with Gasteiger partial charge in [0.2, 0.25) is 0 Å². The highest BCUT2D eigenvalue weighted by atomic mass is 32.2. The first kappa shape index (κ1) is 28.4. The van der Waals surface area contributed by atoms with Gasteiger partial charge in [0.1, 0.15) is 11.9 Å². The quantitative estimate of drug-likeness (QED) is 0.491. The van der Waals surface area contributed by atoms with Crippen LogP contribution in [-0.2, 0) is 10.0 Å². The third-order valence-electron chi connectivity index (χ3n) is 7.76. The number of sulfonamides is 1. The lowest BCUT2D eigenvalue weighted by molar-refractivity contribution is 0.0330. The van der Waals surface area contributed by atoms with Gasteiger partial charge < -0.3 is 19.6 Å². The SMILES string of the molecule is C[C@H]1CN([C@@H](C)CO)C(=O)c2cc(NS(=O)(=O)c3ccccc3)ccc2O[C@H]1CN(C)CC1CCCCC1. The van der Waals surface area contributed by atoms with E-state index in [9.17, 15) is 18.3 Å². The van der Waals surface area contributed by atoms with Crippen LogP contribution in [0.25, 0.3) is 0 Å². The van der Waals surface area contributed by atoms with Crippen molar-refractivity contribution in [2.24, 2.45) is 11.8 Å². The summed E-state index contributed by atoms with van der Waals surface area (Å²) in [6, 6.07) is 12.6. The van der Waals surface area contributed by atoms with Gasteiger partial charge in [0.05, 0.1) is 23.1 Å². The number of anilines is 1. The Morgan fingerprint density at radius 2 is 1.82 bits per heavy atom. The van der Waals surface area contributed by atoms with Crippen LogP contribution in [0.2, 0.25) is 0 Å². The number of hydrogen-bond donors (Lipinski definition) is 2. The molecule has 0 radical (unpaired) electrons. The van der Waals surface area contributed by atoms with E-state index in [1.807, 2.05) is 6.92 Å². The molecule has 1 aliphatic carbocycles. The highest BCUT2D eigenvalue weighted by molar-refractivity contribution is 7.92. The molecule has 1 fully saturated rings. The van der Waals surface area contributed by atoms with E-state index in [-0.39, 0.29) is 46.7 Å². The van der Waals surface area contributed by atoms with Crippen LogP contribution >= 0.6 is 0 Å². The maximum atomic E-state index is 13.7. The Labute approximate surface area is 227 Å². The van der Waals surface area contributed by atoms with Crippen molar-refractivity contribution < 1.29 is 23.1 Å². The van der Waals surface area contributed by atoms with Crippen LogP contribution < -0.4 is 9.46 Å². The summed E-state index contributed by atoms with van der Waals surface area (Å²) in [5.74, 6) is 0.877. The number of aliphatic hydroxyl groups excluding tert-OH is 1. The smallest absolute Gasteiger partial charge is 0.261 e. The standard InChI is InChI=1S/C29H41N3O5S/c1-21-17-32(22(2)20-33)29(34)26-16-24(30-38(35,36)25-12-8-5-9-13-25)14-15-27(26)37-28(21)19-31(3)18-23-10-6-4-7-11-23/h5,8-9,12-16,21-23,28,30,33H,4,6-7,10-11,17-20H2,1-3H3/t21-,22-,28-/m0/s1. The maximum absolute atomic E-state index is 13.7. The summed E-state index contributed by atoms with van der Waals surface area (Å²) in [5.41, 5.74) is 0.561. The van der Waals surface area contributed by atoms with Crippen LogP contribution in [0, 0.1) is 11.8 Å². The number of carbonyl (C=O) groups is 1. The van der Waals surface area contributed by atoms with Crippen molar-refractivity contribution in [1.82, 2.24) is 9.80 Å². The molecule has 8 nitrogen and oxygen atoms in total. The summed E-state index contributed by atoms with van der Waals surface area (Å²) in [4.78, 5) is 17.8. The van der Waals surface area contributed by atoms with Crippen molar-refractivity contribution in [2.75, 3.05) is 38.0 Å². The lowest BCUT2D eigenvalue weighted by atomic mass is 9.89. The van der Waals surface area contributed by atoms with E-state index in [1.165, 1.54) is 50.3 Å². The number of aliphatic hydroxyl groups is 1. The molecule has 3 atom stereocenters. The monoisotopic (exact) mass is 543 g/mol. The number of carbonyl (C=O) groups excluding carboxylic acids is 1. The average molecular weight is 544 g/mol. The van der Waals surface area contributed by atoms with Crippen molar-refractivity contribution in [3.8, 4) is 5.75 Å². The van der Waals surface area contributed by atoms with Crippen LogP contribution in [-0.4, -0.2) is 74.7 Å². The topological polar surface area (TPSA) is 99.2 Å². The summed E-state index contributed by atoms with van der Waals surface area (Å²) < 4.78 is 34.9. The summed E-state index contributed by atoms with van der Waals surface area (Å²) in [6.07, 6.45) is 6.30. The normalized spacial score (nSPS) is 21.8. The summed E-state index contributed by atoms with van der Waals surface area (Å²) in [5, 5.41) is 9.90. The van der Waals surface area contributed by atoms with Gasteiger partial charge in [-0.3, -0.25) is 9.52 Å². The number of amides is 1. The molecule has 38 heavy (non-hydrogen) atoms. The third kappa shape index (κ3) is 6.87. The lowest BCUT2D eigenvalue weighted by Gasteiger charge is -2.38. The zero-order valence-electron chi connectivity index (χ0n) is 22.7. The van der Waals surface area contributed by atoms with Gasteiger partial charge in [-0.15, -0.1) is 0 Å². The molecule has 2 aromatic rings. The van der Waals surface area contributed by atoms with E-state index in [0.717, 1.165) is 13.1 Å². The molecule has 0 spiro atoms. The van der Waals surface area contributed by atoms with Gasteiger partial charge in [-0.25, -0.2) is 8.42 Å². The highest BCUT2D eigenvalue weighted by Crippen LogP contribution is 2.32. The largest absolute Gasteiger partial charge is 0.488 e. The van der Waals surface area contributed by atoms with Crippen molar-refractivity contribution in [3.05, 3.63) is 54.1 Å². The number of benzene rings is 2. The zero-order valence-corrected chi connectivity index (χ0v) is 23.5. The number of fused-ring (bicyclic) bond motifs is 1. The van der Waals surface area contributed by atoms with Crippen LogP contribution in [0.1, 0.15) is 56.3 Å². The second kappa shape index (κ2) is 12.5. The number of rotatable bonds is 9. The molecule has 1 amide bonds. The molecule has 1 aliphatic heterocycles. The van der Waals surface area contributed by atoms with Crippen molar-refractivity contribution in [1.29, 1.82) is 0 Å². The Bertz CT molecular complexity index is 1180. The van der Waals surface area contributed by atoms with Gasteiger partial charge in [0, 0.05) is 31.2 Å². The van der Waals surface area contributed by atoms with E-state index in [2.05, 4.69) is 23.6 Å². The molecule has 0 bridgehead atoms. The first-order valence-corrected chi connectivity index (χ1v) is 15.1. The maximum Gasteiger partial charge on any atom is 0.261 e. The Morgan fingerprint density at radius 1 is 1.11 bits per heavy atom.